The molecule has 188 valence electrons. The van der Waals surface area contributed by atoms with Crippen LogP contribution < -0.4 is 0 Å². The molecule has 9 heteroatoms. The number of aliphatic hydroxyl groups excluding tert-OH is 6. The first-order chi connectivity index (χ1) is 14.8. The van der Waals surface area contributed by atoms with Gasteiger partial charge in [-0.15, -0.1) is 0 Å². The molecule has 0 spiro atoms. The largest absolute Gasteiger partial charge is 0.481 e. The van der Waals surface area contributed by atoms with Gasteiger partial charge in [-0.3, -0.25) is 4.79 Å². The standard InChI is InChI=1S/C12H24O2.C10H22O7/c1-2-3-4-5-6-7-8-9-10-11-12(13)14;11-1-9(2-12,3-13)7-17-8-10(4-14,5-15)6-16/h2-11H2,1H3,(H,13,14);11-16H,1-8H2. The molecule has 0 rings (SSSR count). The number of aliphatic hydroxyl groups is 6. The van der Waals surface area contributed by atoms with Crippen LogP contribution in [0.3, 0.4) is 0 Å². The Kier molecular flexibility index (Phi) is 22.0. The smallest absolute Gasteiger partial charge is 0.303 e. The normalized spacial score (nSPS) is 11.8. The van der Waals surface area contributed by atoms with Crippen molar-refractivity contribution in [3.63, 3.8) is 0 Å². The number of ether oxygens (including phenoxy) is 1. The summed E-state index contributed by atoms with van der Waals surface area (Å²) < 4.78 is 5.15. The van der Waals surface area contributed by atoms with Crippen LogP contribution in [0.25, 0.3) is 0 Å². The highest BCUT2D eigenvalue weighted by atomic mass is 16.5. The third kappa shape index (κ3) is 16.5. The van der Waals surface area contributed by atoms with Gasteiger partial charge >= 0.3 is 5.97 Å². The van der Waals surface area contributed by atoms with Gasteiger partial charge in [-0.2, -0.15) is 0 Å². The topological polar surface area (TPSA) is 168 Å². The van der Waals surface area contributed by atoms with E-state index in [1.165, 1.54) is 44.9 Å². The van der Waals surface area contributed by atoms with Crippen LogP contribution in [0.4, 0.5) is 0 Å². The second-order valence-corrected chi connectivity index (χ2v) is 8.41. The molecule has 0 radical (unpaired) electrons. The molecule has 0 aromatic carbocycles. The summed E-state index contributed by atoms with van der Waals surface area (Å²) in [4.78, 5) is 10.2. The molecule has 0 amide bonds. The molecule has 7 N–H and O–H groups in total. The van der Waals surface area contributed by atoms with E-state index >= 15 is 0 Å². The monoisotopic (exact) mass is 454 g/mol. The van der Waals surface area contributed by atoms with Crippen molar-refractivity contribution in [2.75, 3.05) is 52.9 Å². The maximum Gasteiger partial charge on any atom is 0.303 e. The van der Waals surface area contributed by atoms with Crippen molar-refractivity contribution in [1.82, 2.24) is 0 Å². The fourth-order valence-electron chi connectivity index (χ4n) is 2.64. The van der Waals surface area contributed by atoms with Crippen LogP contribution in [0.1, 0.15) is 71.1 Å². The summed E-state index contributed by atoms with van der Waals surface area (Å²) in [5.74, 6) is -0.659. The van der Waals surface area contributed by atoms with E-state index in [-0.39, 0.29) is 13.2 Å². The van der Waals surface area contributed by atoms with E-state index in [0.717, 1.165) is 12.8 Å². The quantitative estimate of drug-likeness (QED) is 0.132. The maximum atomic E-state index is 10.2. The number of rotatable bonds is 20. The molecule has 0 atom stereocenters. The lowest BCUT2D eigenvalue weighted by atomic mass is 9.91. The molecular weight excluding hydrogens is 408 g/mol. The van der Waals surface area contributed by atoms with Crippen LogP contribution >= 0.6 is 0 Å². The molecule has 0 aliphatic rings. The van der Waals surface area contributed by atoms with Crippen molar-refractivity contribution in [3.05, 3.63) is 0 Å². The fourth-order valence-corrected chi connectivity index (χ4v) is 2.64. The summed E-state index contributed by atoms with van der Waals surface area (Å²) in [6.07, 6.45) is 11.5. The first-order valence-corrected chi connectivity index (χ1v) is 11.3. The van der Waals surface area contributed by atoms with Crippen LogP contribution in [-0.4, -0.2) is 94.6 Å². The third-order valence-corrected chi connectivity index (χ3v) is 5.32. The minimum Gasteiger partial charge on any atom is -0.481 e. The Hall–Kier alpha value is -0.810. The molecule has 31 heavy (non-hydrogen) atoms. The molecule has 0 aliphatic heterocycles. The predicted octanol–water partition coefficient (Wildman–Crippen LogP) is 0.922. The second-order valence-electron chi connectivity index (χ2n) is 8.41. The van der Waals surface area contributed by atoms with Gasteiger partial charge < -0.3 is 40.5 Å². The lowest BCUT2D eigenvalue weighted by molar-refractivity contribution is -0.137. The van der Waals surface area contributed by atoms with Crippen molar-refractivity contribution < 1.29 is 45.3 Å². The average molecular weight is 455 g/mol. The Balaban J connectivity index is 0. The SMILES string of the molecule is CCCCCCCCCCCC(=O)O.OCC(CO)(CO)COCC(CO)(CO)CO. The average Bonchev–Trinajstić information content (AvgIpc) is 2.79. The third-order valence-electron chi connectivity index (χ3n) is 5.32. The Labute approximate surface area is 186 Å². The predicted molar refractivity (Wildman–Crippen MR) is 118 cm³/mol. The van der Waals surface area contributed by atoms with Crippen molar-refractivity contribution in [1.29, 1.82) is 0 Å². The molecule has 0 bridgehead atoms. The fraction of sp³-hybridized carbons (Fsp3) is 0.955. The number of hydrogen-bond donors (Lipinski definition) is 7. The zero-order valence-electron chi connectivity index (χ0n) is 19.2. The van der Waals surface area contributed by atoms with Crippen molar-refractivity contribution in [2.24, 2.45) is 10.8 Å². The number of carbonyl (C=O) groups is 1. The van der Waals surface area contributed by atoms with Gasteiger partial charge in [0.1, 0.15) is 0 Å². The van der Waals surface area contributed by atoms with Gasteiger partial charge in [0.2, 0.25) is 0 Å². The van der Waals surface area contributed by atoms with Crippen LogP contribution in [0.15, 0.2) is 0 Å². The van der Waals surface area contributed by atoms with E-state index in [9.17, 15) is 4.79 Å². The molecule has 0 fully saturated rings. The highest BCUT2D eigenvalue weighted by Gasteiger charge is 2.32. The van der Waals surface area contributed by atoms with Crippen molar-refractivity contribution in [3.8, 4) is 0 Å². The Morgan fingerprint density at radius 1 is 0.613 bits per heavy atom. The maximum absolute atomic E-state index is 10.2. The van der Waals surface area contributed by atoms with Crippen LogP contribution in [-0.2, 0) is 9.53 Å². The van der Waals surface area contributed by atoms with Crippen molar-refractivity contribution in [2.45, 2.75) is 71.1 Å². The van der Waals surface area contributed by atoms with Crippen LogP contribution in [0.5, 0.6) is 0 Å². The van der Waals surface area contributed by atoms with Gasteiger partial charge in [-0.25, -0.2) is 0 Å². The van der Waals surface area contributed by atoms with Gasteiger partial charge in [0.05, 0.1) is 63.7 Å². The number of unbranched alkanes of at least 4 members (excludes halogenated alkanes) is 8. The second kappa shape index (κ2) is 21.1. The van der Waals surface area contributed by atoms with E-state index < -0.39 is 56.4 Å². The summed E-state index contributed by atoms with van der Waals surface area (Å²) in [6, 6.07) is 0. The molecule has 0 saturated heterocycles. The summed E-state index contributed by atoms with van der Waals surface area (Å²) in [5, 5.41) is 62.6. The van der Waals surface area contributed by atoms with E-state index in [1.54, 1.807) is 0 Å². The molecule has 0 heterocycles. The van der Waals surface area contributed by atoms with Crippen LogP contribution in [0, 0.1) is 10.8 Å². The first kappa shape index (κ1) is 32.4. The van der Waals surface area contributed by atoms with Crippen LogP contribution in [0.2, 0.25) is 0 Å². The number of carboxylic acids is 1. The Morgan fingerprint density at radius 3 is 1.23 bits per heavy atom. The lowest BCUT2D eigenvalue weighted by Crippen LogP contribution is -2.43. The highest BCUT2D eigenvalue weighted by molar-refractivity contribution is 5.66. The Bertz CT molecular complexity index is 360. The van der Waals surface area contributed by atoms with Gasteiger partial charge in [-0.05, 0) is 6.42 Å². The molecule has 0 aliphatic carbocycles. The van der Waals surface area contributed by atoms with E-state index in [1.807, 2.05) is 0 Å². The number of aliphatic carboxylic acids is 1. The van der Waals surface area contributed by atoms with Gasteiger partial charge in [-0.1, -0.05) is 58.3 Å². The summed E-state index contributed by atoms with van der Waals surface area (Å²) in [6.45, 7) is -0.777. The molecule has 0 saturated carbocycles. The van der Waals surface area contributed by atoms with Gasteiger partial charge in [0, 0.05) is 6.42 Å². The zero-order valence-corrected chi connectivity index (χ0v) is 19.2. The minimum absolute atomic E-state index is 0.141. The van der Waals surface area contributed by atoms with Gasteiger partial charge in [0.25, 0.3) is 0 Å². The summed E-state index contributed by atoms with van der Waals surface area (Å²) >= 11 is 0. The van der Waals surface area contributed by atoms with E-state index in [0.29, 0.717) is 6.42 Å². The highest BCUT2D eigenvalue weighted by Crippen LogP contribution is 2.19. The number of hydrogen-bond acceptors (Lipinski definition) is 8. The number of carboxylic acid groups (broad SMARTS) is 1. The molecule has 0 unspecified atom stereocenters. The Morgan fingerprint density at radius 2 is 0.935 bits per heavy atom. The zero-order chi connectivity index (χ0) is 24.0. The summed E-state index contributed by atoms with van der Waals surface area (Å²) in [5.41, 5.74) is -2.32. The first-order valence-electron chi connectivity index (χ1n) is 11.3. The molecule has 0 aromatic heterocycles. The lowest BCUT2D eigenvalue weighted by Gasteiger charge is -2.31. The van der Waals surface area contributed by atoms with Crippen molar-refractivity contribution >= 4 is 5.97 Å². The van der Waals surface area contributed by atoms with E-state index in [4.69, 9.17) is 40.5 Å². The molecular formula is C22H46O9. The van der Waals surface area contributed by atoms with E-state index in [2.05, 4.69) is 6.92 Å². The molecule has 0 aromatic rings. The summed E-state index contributed by atoms with van der Waals surface area (Å²) in [7, 11) is 0. The molecule has 9 nitrogen and oxygen atoms in total. The van der Waals surface area contributed by atoms with Gasteiger partial charge in [0.15, 0.2) is 0 Å². The minimum atomic E-state index is -1.16.